The van der Waals surface area contributed by atoms with Gasteiger partial charge in [0.25, 0.3) is 5.92 Å². The lowest BCUT2D eigenvalue weighted by Crippen LogP contribution is -2.23. The number of halogens is 2. The molecule has 0 radical (unpaired) electrons. The summed E-state index contributed by atoms with van der Waals surface area (Å²) in [5.74, 6) is -4.88. The van der Waals surface area contributed by atoms with Crippen LogP contribution in [0.1, 0.15) is 12.0 Å². The second-order valence-corrected chi connectivity index (χ2v) is 3.60. The SMILES string of the molecule is O=C(O)CC(F)(F)c1cccc2c1OCCO2. The van der Waals surface area contributed by atoms with Crippen LogP contribution in [0.25, 0.3) is 0 Å². The molecule has 0 aliphatic carbocycles. The Kier molecular flexibility index (Phi) is 2.87. The summed E-state index contributed by atoms with van der Waals surface area (Å²) in [7, 11) is 0. The second kappa shape index (κ2) is 4.20. The van der Waals surface area contributed by atoms with Crippen LogP contribution in [0.5, 0.6) is 11.5 Å². The molecule has 1 aromatic rings. The van der Waals surface area contributed by atoms with E-state index in [-0.39, 0.29) is 18.1 Å². The van der Waals surface area contributed by atoms with Crippen LogP contribution in [0.3, 0.4) is 0 Å². The average molecular weight is 244 g/mol. The highest BCUT2D eigenvalue weighted by atomic mass is 19.3. The molecule has 6 heteroatoms. The number of ether oxygens (including phenoxy) is 2. The van der Waals surface area contributed by atoms with Crippen molar-refractivity contribution in [3.05, 3.63) is 23.8 Å². The zero-order chi connectivity index (χ0) is 12.5. The van der Waals surface area contributed by atoms with Gasteiger partial charge in [0.15, 0.2) is 11.5 Å². The lowest BCUT2D eigenvalue weighted by molar-refractivity contribution is -0.145. The average Bonchev–Trinajstić information content (AvgIpc) is 2.26. The minimum Gasteiger partial charge on any atom is -0.486 e. The van der Waals surface area contributed by atoms with Gasteiger partial charge < -0.3 is 14.6 Å². The molecule has 0 atom stereocenters. The number of para-hydroxylation sites is 1. The Bertz CT molecular complexity index is 445. The van der Waals surface area contributed by atoms with Gasteiger partial charge in [-0.05, 0) is 12.1 Å². The molecule has 0 unspecified atom stereocenters. The first-order valence-corrected chi connectivity index (χ1v) is 4.99. The molecule has 0 saturated heterocycles. The molecule has 1 heterocycles. The lowest BCUT2D eigenvalue weighted by atomic mass is 10.0. The Morgan fingerprint density at radius 3 is 2.76 bits per heavy atom. The van der Waals surface area contributed by atoms with Gasteiger partial charge in [0, 0.05) is 0 Å². The fraction of sp³-hybridized carbons (Fsp3) is 0.364. The third kappa shape index (κ3) is 2.30. The fourth-order valence-electron chi connectivity index (χ4n) is 1.65. The van der Waals surface area contributed by atoms with Crippen molar-refractivity contribution in [3.8, 4) is 11.5 Å². The van der Waals surface area contributed by atoms with Gasteiger partial charge in [0.2, 0.25) is 0 Å². The molecule has 0 bridgehead atoms. The summed E-state index contributed by atoms with van der Waals surface area (Å²) in [6.07, 6.45) is -1.27. The molecule has 1 aliphatic rings. The summed E-state index contributed by atoms with van der Waals surface area (Å²) in [5, 5.41) is 8.46. The van der Waals surface area contributed by atoms with Crippen molar-refractivity contribution in [2.24, 2.45) is 0 Å². The highest BCUT2D eigenvalue weighted by Crippen LogP contribution is 2.43. The summed E-state index contributed by atoms with van der Waals surface area (Å²) >= 11 is 0. The van der Waals surface area contributed by atoms with Gasteiger partial charge in [-0.3, -0.25) is 4.79 Å². The molecule has 17 heavy (non-hydrogen) atoms. The van der Waals surface area contributed by atoms with E-state index in [1.807, 2.05) is 0 Å². The molecule has 92 valence electrons. The third-order valence-electron chi connectivity index (χ3n) is 2.33. The first kappa shape index (κ1) is 11.6. The van der Waals surface area contributed by atoms with Crippen molar-refractivity contribution in [1.82, 2.24) is 0 Å². The summed E-state index contributed by atoms with van der Waals surface area (Å²) in [6.45, 7) is 0.466. The van der Waals surface area contributed by atoms with Crippen molar-refractivity contribution in [2.75, 3.05) is 13.2 Å². The molecule has 0 spiro atoms. The van der Waals surface area contributed by atoms with Crippen molar-refractivity contribution >= 4 is 5.97 Å². The molecule has 1 aliphatic heterocycles. The van der Waals surface area contributed by atoms with E-state index < -0.39 is 23.9 Å². The number of rotatable bonds is 3. The van der Waals surface area contributed by atoms with E-state index in [0.717, 1.165) is 6.07 Å². The second-order valence-electron chi connectivity index (χ2n) is 3.60. The Morgan fingerprint density at radius 1 is 1.35 bits per heavy atom. The van der Waals surface area contributed by atoms with Crippen molar-refractivity contribution in [2.45, 2.75) is 12.3 Å². The molecule has 2 rings (SSSR count). The molecule has 0 aromatic heterocycles. The Labute approximate surface area is 95.8 Å². The number of hydrogen-bond acceptors (Lipinski definition) is 3. The number of carbonyl (C=O) groups is 1. The minimum atomic E-state index is -3.47. The van der Waals surface area contributed by atoms with Gasteiger partial charge >= 0.3 is 5.97 Å². The number of carboxylic acid groups (broad SMARTS) is 1. The Morgan fingerprint density at radius 2 is 2.06 bits per heavy atom. The van der Waals surface area contributed by atoms with Crippen molar-refractivity contribution in [1.29, 1.82) is 0 Å². The summed E-state index contributed by atoms with van der Waals surface area (Å²) in [4.78, 5) is 10.4. The molecule has 0 saturated carbocycles. The van der Waals surface area contributed by atoms with Crippen LogP contribution < -0.4 is 9.47 Å². The number of alkyl halides is 2. The zero-order valence-electron chi connectivity index (χ0n) is 8.78. The van der Waals surface area contributed by atoms with Crippen LogP contribution >= 0.6 is 0 Å². The quantitative estimate of drug-likeness (QED) is 0.883. The van der Waals surface area contributed by atoms with Crippen LogP contribution in [0, 0.1) is 0 Å². The van der Waals surface area contributed by atoms with Gasteiger partial charge in [-0.15, -0.1) is 0 Å². The standard InChI is InChI=1S/C11H10F2O4/c12-11(13,6-9(14)15)7-2-1-3-8-10(7)17-5-4-16-8/h1-3H,4-6H2,(H,14,15). The maximum atomic E-state index is 13.7. The van der Waals surface area contributed by atoms with E-state index in [1.165, 1.54) is 12.1 Å². The predicted molar refractivity (Wildman–Crippen MR) is 53.6 cm³/mol. The van der Waals surface area contributed by atoms with Crippen molar-refractivity contribution in [3.63, 3.8) is 0 Å². The van der Waals surface area contributed by atoms with Gasteiger partial charge in [-0.25, -0.2) is 8.78 Å². The first-order valence-electron chi connectivity index (χ1n) is 4.99. The van der Waals surface area contributed by atoms with Crippen LogP contribution in [0.2, 0.25) is 0 Å². The number of hydrogen-bond donors (Lipinski definition) is 1. The molecule has 0 amide bonds. The zero-order valence-corrected chi connectivity index (χ0v) is 8.78. The molecular formula is C11H10F2O4. The normalized spacial score (nSPS) is 14.5. The largest absolute Gasteiger partial charge is 0.486 e. The van der Waals surface area contributed by atoms with E-state index in [4.69, 9.17) is 14.6 Å². The smallest absolute Gasteiger partial charge is 0.309 e. The van der Waals surface area contributed by atoms with E-state index in [0.29, 0.717) is 6.61 Å². The lowest BCUT2D eigenvalue weighted by Gasteiger charge is -2.24. The van der Waals surface area contributed by atoms with Crippen LogP contribution in [0.15, 0.2) is 18.2 Å². The maximum Gasteiger partial charge on any atom is 0.309 e. The topological polar surface area (TPSA) is 55.8 Å². The van der Waals surface area contributed by atoms with Gasteiger partial charge in [-0.2, -0.15) is 0 Å². The summed E-state index contributed by atoms with van der Waals surface area (Å²) in [6, 6.07) is 4.05. The molecule has 0 fully saturated rings. The maximum absolute atomic E-state index is 13.7. The fourth-order valence-corrected chi connectivity index (χ4v) is 1.65. The van der Waals surface area contributed by atoms with E-state index in [9.17, 15) is 13.6 Å². The summed E-state index contributed by atoms with van der Waals surface area (Å²) < 4.78 is 37.6. The van der Waals surface area contributed by atoms with E-state index in [2.05, 4.69) is 0 Å². The van der Waals surface area contributed by atoms with Gasteiger partial charge in [0.1, 0.15) is 19.6 Å². The van der Waals surface area contributed by atoms with Gasteiger partial charge in [-0.1, -0.05) is 6.07 Å². The molecular weight excluding hydrogens is 234 g/mol. The summed E-state index contributed by atoms with van der Waals surface area (Å²) in [5.41, 5.74) is -0.447. The number of carboxylic acids is 1. The monoisotopic (exact) mass is 244 g/mol. The number of fused-ring (bicyclic) bond motifs is 1. The van der Waals surface area contributed by atoms with E-state index >= 15 is 0 Å². The minimum absolute atomic E-state index is 0.0648. The Hall–Kier alpha value is -1.85. The number of aliphatic carboxylic acids is 1. The van der Waals surface area contributed by atoms with Crippen LogP contribution in [-0.4, -0.2) is 24.3 Å². The number of benzene rings is 1. The highest BCUT2D eigenvalue weighted by Gasteiger charge is 2.39. The van der Waals surface area contributed by atoms with Gasteiger partial charge in [0.05, 0.1) is 5.56 Å². The Balaban J connectivity index is 2.41. The van der Waals surface area contributed by atoms with Crippen molar-refractivity contribution < 1.29 is 28.2 Å². The van der Waals surface area contributed by atoms with Crippen LogP contribution in [0.4, 0.5) is 8.78 Å². The molecule has 1 aromatic carbocycles. The highest BCUT2D eigenvalue weighted by molar-refractivity contribution is 5.69. The predicted octanol–water partition coefficient (Wildman–Crippen LogP) is 2.02. The molecule has 4 nitrogen and oxygen atoms in total. The van der Waals surface area contributed by atoms with Crippen LogP contribution in [-0.2, 0) is 10.7 Å². The molecule has 1 N–H and O–H groups in total. The first-order chi connectivity index (χ1) is 8.00. The van der Waals surface area contributed by atoms with E-state index in [1.54, 1.807) is 0 Å². The third-order valence-corrected chi connectivity index (χ3v) is 2.33.